The van der Waals surface area contributed by atoms with E-state index < -0.39 is 11.1 Å². The summed E-state index contributed by atoms with van der Waals surface area (Å²) >= 11 is 11.9. The van der Waals surface area contributed by atoms with Crippen LogP contribution in [0.3, 0.4) is 0 Å². The molecule has 0 unspecified atom stereocenters. The summed E-state index contributed by atoms with van der Waals surface area (Å²) in [7, 11) is 0. The third-order valence-electron chi connectivity index (χ3n) is 3.60. The number of nitrogens with zero attached hydrogens (tertiary/aromatic N) is 2. The Morgan fingerprint density at radius 3 is 1.71 bits per heavy atom. The Morgan fingerprint density at radius 1 is 1.14 bits per heavy atom. The van der Waals surface area contributed by atoms with Gasteiger partial charge in [0.05, 0.1) is 11.1 Å². The summed E-state index contributed by atoms with van der Waals surface area (Å²) < 4.78 is 2.39. The third-order valence-corrected chi connectivity index (χ3v) is 4.66. The van der Waals surface area contributed by atoms with Crippen molar-refractivity contribution in [3.05, 3.63) is 0 Å². The van der Waals surface area contributed by atoms with Gasteiger partial charge in [-0.25, -0.2) is 13.6 Å². The van der Waals surface area contributed by atoms with Crippen LogP contribution in [0, 0.1) is 5.92 Å². The van der Waals surface area contributed by atoms with Gasteiger partial charge < -0.3 is 0 Å². The number of carbonyl (C=O) groups is 1. The zero-order valence-electron chi connectivity index (χ0n) is 9.14. The van der Waals surface area contributed by atoms with Gasteiger partial charge in [-0.1, -0.05) is 13.8 Å². The van der Waals surface area contributed by atoms with Crippen molar-refractivity contribution >= 4 is 29.6 Å². The molecule has 0 radical (unpaired) electrons. The second-order valence-electron chi connectivity index (χ2n) is 4.71. The van der Waals surface area contributed by atoms with E-state index in [2.05, 4.69) is 0 Å². The molecule has 0 aromatic rings. The summed E-state index contributed by atoms with van der Waals surface area (Å²) in [5.41, 5.74) is -0.949. The van der Waals surface area contributed by atoms with Gasteiger partial charge in [0.2, 0.25) is 0 Å². The molecule has 1 saturated heterocycles. The molecule has 0 aliphatic carbocycles. The average Bonchev–Trinajstić information content (AvgIpc) is 2.20. The Balaban J connectivity index is 3.24. The molecule has 2 amide bonds. The molecule has 5 heteroatoms. The first-order valence-corrected chi connectivity index (χ1v) is 5.31. The van der Waals surface area contributed by atoms with Gasteiger partial charge in [-0.15, -0.1) is 0 Å². The highest BCUT2D eigenvalue weighted by Crippen LogP contribution is 2.47. The predicted molar refractivity (Wildman–Crippen MR) is 58.1 cm³/mol. The molecule has 82 valence electrons. The van der Waals surface area contributed by atoms with Gasteiger partial charge >= 0.3 is 6.03 Å². The molecule has 1 aliphatic rings. The fraction of sp³-hybridized carbons (Fsp3) is 0.889. The molecule has 1 aliphatic heterocycles. The molecule has 1 fully saturated rings. The van der Waals surface area contributed by atoms with Crippen LogP contribution in [0.1, 0.15) is 34.6 Å². The topological polar surface area (TPSA) is 23.6 Å². The average molecular weight is 239 g/mol. The Hall–Kier alpha value is -0.150. The SMILES string of the molecule is CC(C)[C@]1(C)N(Cl)C(=O)N(Cl)C1(C)C. The van der Waals surface area contributed by atoms with Crippen molar-refractivity contribution in [1.29, 1.82) is 0 Å². The highest BCUT2D eigenvalue weighted by atomic mass is 35.5. The Bertz CT molecular complexity index is 268. The van der Waals surface area contributed by atoms with Gasteiger partial charge in [0.15, 0.2) is 0 Å². The van der Waals surface area contributed by atoms with Gasteiger partial charge in [0.25, 0.3) is 0 Å². The lowest BCUT2D eigenvalue weighted by molar-refractivity contribution is 0.114. The lowest BCUT2D eigenvalue weighted by Gasteiger charge is -2.43. The van der Waals surface area contributed by atoms with E-state index in [-0.39, 0.29) is 11.9 Å². The van der Waals surface area contributed by atoms with E-state index in [1.165, 1.54) is 8.84 Å². The third kappa shape index (κ3) is 1.15. The standard InChI is InChI=1S/C9H16Cl2N2O/c1-6(2)9(5)8(3,4)12(10)7(14)13(9)11/h6H,1-5H3/t9-/m0/s1. The largest absolute Gasteiger partial charge is 0.350 e. The van der Waals surface area contributed by atoms with Crippen LogP contribution in [0.25, 0.3) is 0 Å². The fourth-order valence-corrected chi connectivity index (χ4v) is 2.65. The smallest absolute Gasteiger partial charge is 0.246 e. The lowest BCUT2D eigenvalue weighted by Crippen LogP contribution is -2.56. The first-order chi connectivity index (χ1) is 6.17. The minimum Gasteiger partial charge on any atom is -0.246 e. The van der Waals surface area contributed by atoms with Crippen LogP contribution in [-0.2, 0) is 0 Å². The van der Waals surface area contributed by atoms with Crippen molar-refractivity contribution in [3.8, 4) is 0 Å². The summed E-state index contributed by atoms with van der Waals surface area (Å²) in [5.74, 6) is 0.225. The van der Waals surface area contributed by atoms with Crippen LogP contribution in [0.5, 0.6) is 0 Å². The van der Waals surface area contributed by atoms with Crippen molar-refractivity contribution < 1.29 is 4.79 Å². The second-order valence-corrected chi connectivity index (χ2v) is 5.38. The highest BCUT2D eigenvalue weighted by molar-refractivity contribution is 6.29. The molecule has 3 nitrogen and oxygen atoms in total. The van der Waals surface area contributed by atoms with E-state index in [1.54, 1.807) is 0 Å². The van der Waals surface area contributed by atoms with E-state index in [0.717, 1.165) is 0 Å². The quantitative estimate of drug-likeness (QED) is 0.644. The second kappa shape index (κ2) is 3.17. The van der Waals surface area contributed by atoms with Gasteiger partial charge in [-0.2, -0.15) is 0 Å². The van der Waals surface area contributed by atoms with Crippen LogP contribution in [0.2, 0.25) is 0 Å². The Kier molecular flexibility index (Phi) is 2.70. The lowest BCUT2D eigenvalue weighted by atomic mass is 9.74. The number of rotatable bonds is 1. The molecule has 1 atom stereocenters. The molecule has 0 saturated carbocycles. The maximum Gasteiger partial charge on any atom is 0.350 e. The number of hydrogen-bond acceptors (Lipinski definition) is 1. The van der Waals surface area contributed by atoms with Crippen LogP contribution in [-0.4, -0.2) is 25.9 Å². The van der Waals surface area contributed by atoms with Crippen molar-refractivity contribution in [1.82, 2.24) is 8.84 Å². The normalized spacial score (nSPS) is 31.9. The zero-order chi connectivity index (χ0) is 11.3. The molecule has 0 aromatic carbocycles. The number of hydrogen-bond donors (Lipinski definition) is 0. The first kappa shape index (κ1) is 11.9. The Morgan fingerprint density at radius 2 is 1.57 bits per heavy atom. The number of carbonyl (C=O) groups excluding carboxylic acids is 1. The van der Waals surface area contributed by atoms with Crippen molar-refractivity contribution in [2.24, 2.45) is 5.92 Å². The number of urea groups is 1. The van der Waals surface area contributed by atoms with Crippen LogP contribution >= 0.6 is 23.6 Å². The van der Waals surface area contributed by atoms with E-state index in [1.807, 2.05) is 34.6 Å². The van der Waals surface area contributed by atoms with Crippen molar-refractivity contribution in [3.63, 3.8) is 0 Å². The summed E-state index contributed by atoms with van der Waals surface area (Å²) in [4.78, 5) is 11.6. The van der Waals surface area contributed by atoms with Crippen molar-refractivity contribution in [2.75, 3.05) is 0 Å². The Labute approximate surface area is 95.2 Å². The van der Waals surface area contributed by atoms with Crippen LogP contribution in [0.15, 0.2) is 0 Å². The number of halogens is 2. The predicted octanol–water partition coefficient (Wildman–Crippen LogP) is 3.22. The number of amides is 2. The van der Waals surface area contributed by atoms with Crippen molar-refractivity contribution in [2.45, 2.75) is 45.7 Å². The van der Waals surface area contributed by atoms with E-state index in [0.29, 0.717) is 0 Å². The molecule has 0 N–H and O–H groups in total. The van der Waals surface area contributed by atoms with E-state index in [4.69, 9.17) is 23.6 Å². The molecule has 1 heterocycles. The molecule has 0 aromatic heterocycles. The maximum absolute atomic E-state index is 11.6. The fourth-order valence-electron chi connectivity index (χ4n) is 1.89. The molecule has 14 heavy (non-hydrogen) atoms. The van der Waals surface area contributed by atoms with E-state index in [9.17, 15) is 4.79 Å². The van der Waals surface area contributed by atoms with Crippen LogP contribution in [0.4, 0.5) is 4.79 Å². The molecule has 1 rings (SSSR count). The maximum atomic E-state index is 11.6. The van der Waals surface area contributed by atoms with Gasteiger partial charge in [-0.05, 0) is 26.7 Å². The summed E-state index contributed by atoms with van der Waals surface area (Å²) in [6.45, 7) is 9.84. The molecule has 0 bridgehead atoms. The van der Waals surface area contributed by atoms with Gasteiger partial charge in [0.1, 0.15) is 0 Å². The summed E-state index contributed by atoms with van der Waals surface area (Å²) in [5, 5.41) is 0. The van der Waals surface area contributed by atoms with Gasteiger partial charge in [-0.3, -0.25) is 0 Å². The minimum absolute atomic E-state index is 0.225. The molecular formula is C9H16Cl2N2O. The molecule has 0 spiro atoms. The first-order valence-electron chi connectivity index (χ1n) is 4.63. The monoisotopic (exact) mass is 238 g/mol. The minimum atomic E-state index is -0.485. The zero-order valence-corrected chi connectivity index (χ0v) is 10.6. The van der Waals surface area contributed by atoms with Crippen LogP contribution < -0.4 is 0 Å². The summed E-state index contributed by atoms with van der Waals surface area (Å²) in [6.07, 6.45) is 0. The van der Waals surface area contributed by atoms with E-state index >= 15 is 0 Å². The van der Waals surface area contributed by atoms with Gasteiger partial charge in [0, 0.05) is 23.6 Å². The highest BCUT2D eigenvalue weighted by Gasteiger charge is 2.61. The summed E-state index contributed by atoms with van der Waals surface area (Å²) in [6, 6.07) is -0.352. The molecular weight excluding hydrogens is 223 g/mol.